The highest BCUT2D eigenvalue weighted by atomic mass is 35.5. The summed E-state index contributed by atoms with van der Waals surface area (Å²) in [6, 6.07) is 6.74. The molecule has 3 nitrogen and oxygen atoms in total. The van der Waals surface area contributed by atoms with Crippen molar-refractivity contribution in [2.45, 2.75) is 26.3 Å². The summed E-state index contributed by atoms with van der Waals surface area (Å²) in [6.07, 6.45) is 3.10. The molecule has 0 aliphatic carbocycles. The van der Waals surface area contributed by atoms with E-state index in [2.05, 4.69) is 41.2 Å². The molecule has 0 radical (unpaired) electrons. The molecule has 1 aromatic heterocycles. The number of nitrogens with one attached hydrogen (secondary N) is 1. The van der Waals surface area contributed by atoms with E-state index >= 15 is 0 Å². The van der Waals surface area contributed by atoms with E-state index in [-0.39, 0.29) is 24.8 Å². The molecule has 2 heterocycles. The molecule has 1 aromatic rings. The Kier molecular flexibility index (Phi) is 9.36. The van der Waals surface area contributed by atoms with Crippen LogP contribution in [0.3, 0.4) is 0 Å². The minimum absolute atomic E-state index is 0. The van der Waals surface area contributed by atoms with Crippen LogP contribution >= 0.6 is 24.8 Å². The number of piperazine rings is 1. The molecular weight excluding hydrogens is 281 g/mol. The van der Waals surface area contributed by atoms with Crippen LogP contribution in [0.2, 0.25) is 0 Å². The van der Waals surface area contributed by atoms with Crippen molar-refractivity contribution in [2.75, 3.05) is 26.2 Å². The second-order valence-electron chi connectivity index (χ2n) is 5.19. The molecule has 110 valence electrons. The monoisotopic (exact) mass is 305 g/mol. The Hall–Kier alpha value is -0.350. The van der Waals surface area contributed by atoms with Crippen molar-refractivity contribution in [3.05, 3.63) is 30.1 Å². The summed E-state index contributed by atoms with van der Waals surface area (Å²) in [5.41, 5.74) is 1.23. The summed E-state index contributed by atoms with van der Waals surface area (Å²) in [6.45, 7) is 9.04. The summed E-state index contributed by atoms with van der Waals surface area (Å²) in [7, 11) is 0. The number of hydrogen-bond acceptors (Lipinski definition) is 3. The second-order valence-corrected chi connectivity index (χ2v) is 5.19. The van der Waals surface area contributed by atoms with Crippen LogP contribution in [0.1, 0.15) is 32.0 Å². The molecule has 0 amide bonds. The van der Waals surface area contributed by atoms with Gasteiger partial charge in [0.25, 0.3) is 0 Å². The van der Waals surface area contributed by atoms with Gasteiger partial charge < -0.3 is 5.32 Å². The van der Waals surface area contributed by atoms with Crippen molar-refractivity contribution < 1.29 is 0 Å². The molecule has 2 rings (SSSR count). The minimum Gasteiger partial charge on any atom is -0.314 e. The highest BCUT2D eigenvalue weighted by molar-refractivity contribution is 5.85. The Bertz CT molecular complexity index is 327. The largest absolute Gasteiger partial charge is 0.314 e. The van der Waals surface area contributed by atoms with Crippen LogP contribution < -0.4 is 5.32 Å². The van der Waals surface area contributed by atoms with Gasteiger partial charge >= 0.3 is 0 Å². The lowest BCUT2D eigenvalue weighted by Crippen LogP contribution is -2.45. The van der Waals surface area contributed by atoms with Crippen molar-refractivity contribution in [1.82, 2.24) is 15.2 Å². The molecule has 1 atom stereocenters. The number of hydrogen-bond donors (Lipinski definition) is 1. The third-order valence-corrected chi connectivity index (χ3v) is 3.32. The van der Waals surface area contributed by atoms with Crippen LogP contribution in [0.15, 0.2) is 24.4 Å². The van der Waals surface area contributed by atoms with Gasteiger partial charge in [0.15, 0.2) is 0 Å². The summed E-state index contributed by atoms with van der Waals surface area (Å²) < 4.78 is 0. The molecule has 19 heavy (non-hydrogen) atoms. The first-order valence-electron chi connectivity index (χ1n) is 6.63. The van der Waals surface area contributed by atoms with E-state index in [4.69, 9.17) is 0 Å². The zero-order chi connectivity index (χ0) is 12.1. The predicted molar refractivity (Wildman–Crippen MR) is 85.4 cm³/mol. The van der Waals surface area contributed by atoms with Gasteiger partial charge in [0, 0.05) is 32.4 Å². The first-order valence-corrected chi connectivity index (χ1v) is 6.63. The molecule has 0 saturated carbocycles. The van der Waals surface area contributed by atoms with Gasteiger partial charge in [-0.25, -0.2) is 0 Å². The second kappa shape index (κ2) is 9.54. The summed E-state index contributed by atoms with van der Waals surface area (Å²) in [4.78, 5) is 7.11. The normalized spacial score (nSPS) is 17.4. The number of aromatic nitrogens is 1. The van der Waals surface area contributed by atoms with Crippen LogP contribution in [0.5, 0.6) is 0 Å². The van der Waals surface area contributed by atoms with Crippen LogP contribution in [0.4, 0.5) is 0 Å². The van der Waals surface area contributed by atoms with Crippen molar-refractivity contribution in [2.24, 2.45) is 5.92 Å². The van der Waals surface area contributed by atoms with Gasteiger partial charge in [0.1, 0.15) is 0 Å². The fourth-order valence-electron chi connectivity index (χ4n) is 2.47. The summed E-state index contributed by atoms with van der Waals surface area (Å²) in [5, 5.41) is 3.41. The van der Waals surface area contributed by atoms with Crippen LogP contribution in [0, 0.1) is 5.92 Å². The highest BCUT2D eigenvalue weighted by Gasteiger charge is 2.23. The topological polar surface area (TPSA) is 28.2 Å². The number of nitrogens with zero attached hydrogens (tertiary/aromatic N) is 2. The lowest BCUT2D eigenvalue weighted by Gasteiger charge is -2.35. The first kappa shape index (κ1) is 18.7. The van der Waals surface area contributed by atoms with E-state index in [1.165, 1.54) is 12.1 Å². The maximum atomic E-state index is 4.55. The van der Waals surface area contributed by atoms with Crippen molar-refractivity contribution in [3.63, 3.8) is 0 Å². The Morgan fingerprint density at radius 2 is 1.89 bits per heavy atom. The first-order chi connectivity index (χ1) is 8.27. The third kappa shape index (κ3) is 5.65. The fraction of sp³-hybridized carbons (Fsp3) is 0.643. The molecular formula is C14H25Cl2N3. The van der Waals surface area contributed by atoms with E-state index < -0.39 is 0 Å². The smallest absolute Gasteiger partial charge is 0.0575 e. The molecule has 1 aliphatic rings. The van der Waals surface area contributed by atoms with Crippen LogP contribution in [-0.2, 0) is 0 Å². The van der Waals surface area contributed by atoms with Gasteiger partial charge in [-0.15, -0.1) is 24.8 Å². The third-order valence-electron chi connectivity index (χ3n) is 3.32. The average molecular weight is 306 g/mol. The van der Waals surface area contributed by atoms with Gasteiger partial charge in [-0.05, 0) is 24.5 Å². The average Bonchev–Trinajstić information content (AvgIpc) is 2.38. The van der Waals surface area contributed by atoms with Crippen LogP contribution in [-0.4, -0.2) is 36.1 Å². The molecule has 0 bridgehead atoms. The summed E-state index contributed by atoms with van der Waals surface area (Å²) in [5.74, 6) is 0.705. The Labute approximate surface area is 129 Å². The SMILES string of the molecule is CC(C)C[C@@H](c1ccccn1)N1CCNCC1.Cl.Cl. The fourth-order valence-corrected chi connectivity index (χ4v) is 2.47. The van der Waals surface area contributed by atoms with E-state index in [1.54, 1.807) is 0 Å². The Balaban J connectivity index is 0.00000162. The molecule has 1 aliphatic heterocycles. The zero-order valence-electron chi connectivity index (χ0n) is 11.7. The van der Waals surface area contributed by atoms with Gasteiger partial charge in [-0.3, -0.25) is 9.88 Å². The van der Waals surface area contributed by atoms with Gasteiger partial charge in [-0.2, -0.15) is 0 Å². The van der Waals surface area contributed by atoms with E-state index in [9.17, 15) is 0 Å². The van der Waals surface area contributed by atoms with Gasteiger partial charge in [0.2, 0.25) is 0 Å². The quantitative estimate of drug-likeness (QED) is 0.927. The molecule has 1 fully saturated rings. The van der Waals surface area contributed by atoms with E-state index in [0.29, 0.717) is 12.0 Å². The number of rotatable bonds is 4. The zero-order valence-corrected chi connectivity index (χ0v) is 13.3. The lowest BCUT2D eigenvalue weighted by molar-refractivity contribution is 0.151. The summed E-state index contributed by atoms with van der Waals surface area (Å²) >= 11 is 0. The molecule has 0 spiro atoms. The molecule has 0 unspecified atom stereocenters. The van der Waals surface area contributed by atoms with Gasteiger partial charge in [-0.1, -0.05) is 19.9 Å². The molecule has 0 aromatic carbocycles. The van der Waals surface area contributed by atoms with E-state index in [1.807, 2.05) is 12.3 Å². The molecule has 1 saturated heterocycles. The predicted octanol–water partition coefficient (Wildman–Crippen LogP) is 2.92. The van der Waals surface area contributed by atoms with Crippen molar-refractivity contribution >= 4 is 24.8 Å². The minimum atomic E-state index is 0. The molecule has 5 heteroatoms. The van der Waals surface area contributed by atoms with Crippen molar-refractivity contribution in [1.29, 1.82) is 0 Å². The van der Waals surface area contributed by atoms with Gasteiger partial charge in [0.05, 0.1) is 11.7 Å². The van der Waals surface area contributed by atoms with E-state index in [0.717, 1.165) is 26.2 Å². The van der Waals surface area contributed by atoms with Crippen LogP contribution in [0.25, 0.3) is 0 Å². The maximum Gasteiger partial charge on any atom is 0.0575 e. The Morgan fingerprint density at radius 3 is 2.42 bits per heavy atom. The Morgan fingerprint density at radius 1 is 1.21 bits per heavy atom. The lowest BCUT2D eigenvalue weighted by atomic mass is 9.98. The molecule has 1 N–H and O–H groups in total. The number of pyridine rings is 1. The van der Waals surface area contributed by atoms with Crippen molar-refractivity contribution in [3.8, 4) is 0 Å². The number of halogens is 2. The highest BCUT2D eigenvalue weighted by Crippen LogP contribution is 2.26. The standard InChI is InChI=1S/C14H23N3.2ClH/c1-12(2)11-14(13-5-3-4-6-16-13)17-9-7-15-8-10-17;;/h3-6,12,14-15H,7-11H2,1-2H3;2*1H/t14-;;/m0../s1. The maximum absolute atomic E-state index is 4.55.